The predicted octanol–water partition coefficient (Wildman–Crippen LogP) is 3.87. The van der Waals surface area contributed by atoms with Gasteiger partial charge in [-0.15, -0.1) is 0 Å². The number of para-hydroxylation sites is 1. The summed E-state index contributed by atoms with van der Waals surface area (Å²) in [6, 6.07) is 12.3. The first-order chi connectivity index (χ1) is 11.5. The number of nitrogens with one attached hydrogen (secondary N) is 1. The van der Waals surface area contributed by atoms with E-state index in [0.29, 0.717) is 17.4 Å². The Hall–Kier alpha value is -2.82. The van der Waals surface area contributed by atoms with E-state index in [2.05, 4.69) is 10.3 Å². The van der Waals surface area contributed by atoms with Crippen LogP contribution in [0.1, 0.15) is 22.8 Å². The third-order valence-electron chi connectivity index (χ3n) is 3.73. The summed E-state index contributed by atoms with van der Waals surface area (Å²) in [6.07, 6.45) is 1.87. The maximum absolute atomic E-state index is 13.6. The molecule has 24 heavy (non-hydrogen) atoms. The van der Waals surface area contributed by atoms with Crippen molar-refractivity contribution in [1.29, 1.82) is 0 Å². The molecule has 1 amide bonds. The lowest BCUT2D eigenvalue weighted by molar-refractivity contribution is 0.0940. The number of rotatable bonds is 4. The molecular weight excluding hydrogens is 310 g/mol. The van der Waals surface area contributed by atoms with Crippen molar-refractivity contribution in [3.8, 4) is 0 Å². The van der Waals surface area contributed by atoms with Crippen LogP contribution < -0.4 is 5.32 Å². The Balaban J connectivity index is 1.72. The minimum absolute atomic E-state index is 0.178. The van der Waals surface area contributed by atoms with Gasteiger partial charge in [0.1, 0.15) is 17.2 Å². The Kier molecular flexibility index (Phi) is 4.51. The number of aromatic nitrogens is 1. The minimum Gasteiger partial charge on any atom is -0.349 e. The molecule has 3 rings (SSSR count). The van der Waals surface area contributed by atoms with E-state index in [-0.39, 0.29) is 23.3 Å². The summed E-state index contributed by atoms with van der Waals surface area (Å²) in [5.41, 5.74) is 1.41. The average molecular weight is 326 g/mol. The standard InChI is InChI=1S/C19H16F2N2O/c1-12(8-13-4-2-6-16(20)9-13)23-19(24)15-10-14-5-3-7-17(21)18(14)22-11-15/h2-7,9-12H,8H2,1H3,(H,23,24). The monoisotopic (exact) mass is 326 g/mol. The van der Waals surface area contributed by atoms with Gasteiger partial charge in [-0.2, -0.15) is 0 Å². The summed E-state index contributed by atoms with van der Waals surface area (Å²) in [7, 11) is 0. The molecule has 122 valence electrons. The van der Waals surface area contributed by atoms with E-state index in [9.17, 15) is 13.6 Å². The van der Waals surface area contributed by atoms with Crippen LogP contribution in [0.4, 0.5) is 8.78 Å². The maximum Gasteiger partial charge on any atom is 0.253 e. The molecule has 3 nitrogen and oxygen atoms in total. The highest BCUT2D eigenvalue weighted by Crippen LogP contribution is 2.16. The summed E-state index contributed by atoms with van der Waals surface area (Å²) in [5, 5.41) is 3.42. The Bertz CT molecular complexity index is 895. The highest BCUT2D eigenvalue weighted by Gasteiger charge is 2.12. The molecule has 0 radical (unpaired) electrons. The van der Waals surface area contributed by atoms with E-state index >= 15 is 0 Å². The lowest BCUT2D eigenvalue weighted by Crippen LogP contribution is -2.34. The third-order valence-corrected chi connectivity index (χ3v) is 3.73. The van der Waals surface area contributed by atoms with Gasteiger partial charge in [-0.25, -0.2) is 8.78 Å². The molecule has 2 aromatic carbocycles. The number of pyridine rings is 1. The number of halogens is 2. The van der Waals surface area contributed by atoms with E-state index in [4.69, 9.17) is 0 Å². The Morgan fingerprint density at radius 2 is 1.96 bits per heavy atom. The summed E-state index contributed by atoms with van der Waals surface area (Å²) in [4.78, 5) is 16.3. The highest BCUT2D eigenvalue weighted by molar-refractivity contribution is 5.97. The molecule has 1 atom stereocenters. The van der Waals surface area contributed by atoms with E-state index in [1.807, 2.05) is 13.0 Å². The molecule has 0 saturated heterocycles. The van der Waals surface area contributed by atoms with Crippen LogP contribution in [-0.4, -0.2) is 16.9 Å². The van der Waals surface area contributed by atoms with Crippen LogP contribution >= 0.6 is 0 Å². The van der Waals surface area contributed by atoms with Crippen LogP contribution in [0.25, 0.3) is 10.9 Å². The number of amides is 1. The molecule has 0 bridgehead atoms. The normalized spacial score (nSPS) is 12.1. The lowest BCUT2D eigenvalue weighted by Gasteiger charge is -2.14. The van der Waals surface area contributed by atoms with Gasteiger partial charge in [-0.05, 0) is 43.2 Å². The fourth-order valence-corrected chi connectivity index (χ4v) is 2.62. The number of carbonyl (C=O) groups is 1. The number of benzene rings is 2. The number of carbonyl (C=O) groups excluding carboxylic acids is 1. The summed E-state index contributed by atoms with van der Waals surface area (Å²) >= 11 is 0. The fraction of sp³-hybridized carbons (Fsp3) is 0.158. The number of hydrogen-bond donors (Lipinski definition) is 1. The van der Waals surface area contributed by atoms with Crippen molar-refractivity contribution < 1.29 is 13.6 Å². The molecule has 0 aliphatic carbocycles. The van der Waals surface area contributed by atoms with Crippen molar-refractivity contribution in [2.75, 3.05) is 0 Å². The molecule has 0 spiro atoms. The van der Waals surface area contributed by atoms with E-state index in [1.165, 1.54) is 24.4 Å². The lowest BCUT2D eigenvalue weighted by atomic mass is 10.1. The molecule has 1 heterocycles. The van der Waals surface area contributed by atoms with Crippen LogP contribution in [0.3, 0.4) is 0 Å². The van der Waals surface area contributed by atoms with Crippen molar-refractivity contribution in [2.45, 2.75) is 19.4 Å². The largest absolute Gasteiger partial charge is 0.349 e. The smallest absolute Gasteiger partial charge is 0.253 e. The molecule has 3 aromatic rings. The summed E-state index contributed by atoms with van der Waals surface area (Å²) in [6.45, 7) is 1.84. The van der Waals surface area contributed by atoms with Gasteiger partial charge in [-0.1, -0.05) is 24.3 Å². The fourth-order valence-electron chi connectivity index (χ4n) is 2.62. The molecule has 0 fully saturated rings. The highest BCUT2D eigenvalue weighted by atomic mass is 19.1. The van der Waals surface area contributed by atoms with Crippen LogP contribution in [0.2, 0.25) is 0 Å². The first-order valence-electron chi connectivity index (χ1n) is 7.62. The van der Waals surface area contributed by atoms with Gasteiger partial charge in [0.25, 0.3) is 5.91 Å². The Morgan fingerprint density at radius 3 is 2.75 bits per heavy atom. The van der Waals surface area contributed by atoms with Gasteiger partial charge in [0.15, 0.2) is 0 Å². The van der Waals surface area contributed by atoms with Crippen LogP contribution in [0.15, 0.2) is 54.7 Å². The Morgan fingerprint density at radius 1 is 1.17 bits per heavy atom. The van der Waals surface area contributed by atoms with Gasteiger partial charge >= 0.3 is 0 Å². The zero-order valence-corrected chi connectivity index (χ0v) is 13.1. The minimum atomic E-state index is -0.418. The van der Waals surface area contributed by atoms with Crippen molar-refractivity contribution >= 4 is 16.8 Å². The van der Waals surface area contributed by atoms with Crippen molar-refractivity contribution in [3.05, 3.63) is 77.5 Å². The van der Waals surface area contributed by atoms with E-state index in [1.54, 1.807) is 24.3 Å². The number of nitrogens with zero attached hydrogens (tertiary/aromatic N) is 1. The van der Waals surface area contributed by atoms with Crippen LogP contribution in [-0.2, 0) is 6.42 Å². The second-order valence-corrected chi connectivity index (χ2v) is 5.74. The number of hydrogen-bond acceptors (Lipinski definition) is 2. The van der Waals surface area contributed by atoms with E-state index < -0.39 is 5.82 Å². The van der Waals surface area contributed by atoms with Gasteiger partial charge in [-0.3, -0.25) is 9.78 Å². The first-order valence-corrected chi connectivity index (χ1v) is 7.62. The van der Waals surface area contributed by atoms with Gasteiger partial charge in [0.2, 0.25) is 0 Å². The van der Waals surface area contributed by atoms with Crippen molar-refractivity contribution in [2.24, 2.45) is 0 Å². The Labute approximate surface area is 138 Å². The molecule has 1 aromatic heterocycles. The molecule has 0 aliphatic rings. The maximum atomic E-state index is 13.6. The van der Waals surface area contributed by atoms with E-state index in [0.717, 1.165) is 5.56 Å². The van der Waals surface area contributed by atoms with Crippen molar-refractivity contribution in [3.63, 3.8) is 0 Å². The zero-order chi connectivity index (χ0) is 17.1. The second kappa shape index (κ2) is 6.74. The second-order valence-electron chi connectivity index (χ2n) is 5.74. The molecular formula is C19H16F2N2O. The van der Waals surface area contributed by atoms with Gasteiger partial charge < -0.3 is 5.32 Å². The zero-order valence-electron chi connectivity index (χ0n) is 13.1. The SMILES string of the molecule is CC(Cc1cccc(F)c1)NC(=O)c1cnc2c(F)cccc2c1. The van der Waals surface area contributed by atoms with Crippen LogP contribution in [0.5, 0.6) is 0 Å². The van der Waals surface area contributed by atoms with Crippen molar-refractivity contribution in [1.82, 2.24) is 10.3 Å². The topological polar surface area (TPSA) is 42.0 Å². The quantitative estimate of drug-likeness (QED) is 0.791. The molecule has 0 saturated carbocycles. The molecule has 1 N–H and O–H groups in total. The van der Waals surface area contributed by atoms with Crippen LogP contribution in [0, 0.1) is 11.6 Å². The molecule has 5 heteroatoms. The first kappa shape index (κ1) is 16.1. The van der Waals surface area contributed by atoms with Gasteiger partial charge in [0, 0.05) is 17.6 Å². The summed E-state index contributed by atoms with van der Waals surface area (Å²) in [5.74, 6) is -1.01. The summed E-state index contributed by atoms with van der Waals surface area (Å²) < 4.78 is 26.8. The molecule has 0 aliphatic heterocycles. The average Bonchev–Trinajstić information content (AvgIpc) is 2.54. The van der Waals surface area contributed by atoms with Gasteiger partial charge in [0.05, 0.1) is 5.56 Å². The third kappa shape index (κ3) is 3.56. The molecule has 1 unspecified atom stereocenters. The predicted molar refractivity (Wildman–Crippen MR) is 88.7 cm³/mol. The number of fused-ring (bicyclic) bond motifs is 1.